The normalized spacial score (nSPS) is 12.3. The van der Waals surface area contributed by atoms with Gasteiger partial charge in [-0.25, -0.2) is 0 Å². The van der Waals surface area contributed by atoms with Crippen molar-refractivity contribution < 1.29 is 9.59 Å². The van der Waals surface area contributed by atoms with E-state index < -0.39 is 6.04 Å². The standard InChI is InChI=1S/C25H34N2O2S/c1-6-22(24(29)26-25(3,4)5)27(17-16-20-10-8-7-9-11-20)23(28)18-30-21-14-12-19(2)13-15-21/h7-15,22H,6,16-18H2,1-5H3,(H,26,29). The lowest BCUT2D eigenvalue weighted by Crippen LogP contribution is -2.54. The summed E-state index contributed by atoms with van der Waals surface area (Å²) in [4.78, 5) is 29.0. The number of carbonyl (C=O) groups excluding carboxylic acids is 2. The molecule has 0 aliphatic carbocycles. The van der Waals surface area contributed by atoms with Gasteiger partial charge in [-0.1, -0.05) is 55.0 Å². The van der Waals surface area contributed by atoms with Crippen molar-refractivity contribution in [1.82, 2.24) is 10.2 Å². The molecule has 1 unspecified atom stereocenters. The van der Waals surface area contributed by atoms with Crippen molar-refractivity contribution in [3.05, 3.63) is 65.7 Å². The molecule has 1 N–H and O–H groups in total. The molecule has 0 saturated heterocycles. The van der Waals surface area contributed by atoms with Crippen LogP contribution in [0.15, 0.2) is 59.5 Å². The second-order valence-electron chi connectivity index (χ2n) is 8.59. The molecule has 2 aromatic carbocycles. The van der Waals surface area contributed by atoms with Gasteiger partial charge in [0.05, 0.1) is 5.75 Å². The van der Waals surface area contributed by atoms with Crippen LogP contribution < -0.4 is 5.32 Å². The van der Waals surface area contributed by atoms with E-state index in [1.54, 1.807) is 4.90 Å². The van der Waals surface area contributed by atoms with Gasteiger partial charge in [-0.15, -0.1) is 11.8 Å². The summed E-state index contributed by atoms with van der Waals surface area (Å²) >= 11 is 1.52. The van der Waals surface area contributed by atoms with E-state index in [0.29, 0.717) is 18.7 Å². The lowest BCUT2D eigenvalue weighted by atomic mass is 10.1. The largest absolute Gasteiger partial charge is 0.350 e. The summed E-state index contributed by atoms with van der Waals surface area (Å²) in [6, 6.07) is 17.8. The summed E-state index contributed by atoms with van der Waals surface area (Å²) in [5.41, 5.74) is 2.02. The minimum absolute atomic E-state index is 0.00702. The molecule has 0 bridgehead atoms. The number of hydrogen-bond donors (Lipinski definition) is 1. The Morgan fingerprint density at radius 1 is 1.03 bits per heavy atom. The number of nitrogens with zero attached hydrogens (tertiary/aromatic N) is 1. The maximum absolute atomic E-state index is 13.2. The zero-order chi connectivity index (χ0) is 22.1. The minimum Gasteiger partial charge on any atom is -0.350 e. The first kappa shape index (κ1) is 24.0. The SMILES string of the molecule is CCC(C(=O)NC(C)(C)C)N(CCc1ccccc1)C(=O)CSc1ccc(C)cc1. The van der Waals surface area contributed by atoms with Crippen LogP contribution in [0, 0.1) is 6.92 Å². The van der Waals surface area contributed by atoms with Crippen LogP contribution in [-0.4, -0.2) is 40.6 Å². The zero-order valence-corrected chi connectivity index (χ0v) is 19.6. The number of hydrogen-bond acceptors (Lipinski definition) is 3. The van der Waals surface area contributed by atoms with E-state index in [9.17, 15) is 9.59 Å². The molecule has 5 heteroatoms. The van der Waals surface area contributed by atoms with E-state index in [-0.39, 0.29) is 17.4 Å². The maximum atomic E-state index is 13.2. The van der Waals surface area contributed by atoms with Crippen molar-refractivity contribution in [1.29, 1.82) is 0 Å². The van der Waals surface area contributed by atoms with Gasteiger partial charge in [0.1, 0.15) is 6.04 Å². The Hall–Kier alpha value is -2.27. The number of aryl methyl sites for hydroxylation is 1. The maximum Gasteiger partial charge on any atom is 0.243 e. The molecule has 162 valence electrons. The van der Waals surface area contributed by atoms with E-state index in [0.717, 1.165) is 16.9 Å². The fourth-order valence-corrected chi connectivity index (χ4v) is 4.00. The van der Waals surface area contributed by atoms with Gasteiger partial charge in [0, 0.05) is 17.0 Å². The van der Waals surface area contributed by atoms with Crippen molar-refractivity contribution >= 4 is 23.6 Å². The molecule has 4 nitrogen and oxygen atoms in total. The van der Waals surface area contributed by atoms with Crippen LogP contribution in [0.4, 0.5) is 0 Å². The molecule has 0 radical (unpaired) electrons. The number of rotatable bonds is 9. The second-order valence-corrected chi connectivity index (χ2v) is 9.64. The molecule has 0 saturated carbocycles. The number of carbonyl (C=O) groups is 2. The predicted octanol–water partition coefficient (Wildman–Crippen LogP) is 4.85. The molecule has 1 atom stereocenters. The third kappa shape index (κ3) is 7.86. The Balaban J connectivity index is 2.14. The summed E-state index contributed by atoms with van der Waals surface area (Å²) in [5, 5.41) is 3.04. The van der Waals surface area contributed by atoms with Crippen molar-refractivity contribution in [2.45, 2.75) is 63.9 Å². The predicted molar refractivity (Wildman–Crippen MR) is 126 cm³/mol. The highest BCUT2D eigenvalue weighted by atomic mass is 32.2. The van der Waals surface area contributed by atoms with Gasteiger partial charge in [-0.3, -0.25) is 9.59 Å². The first-order valence-electron chi connectivity index (χ1n) is 10.5. The van der Waals surface area contributed by atoms with E-state index in [2.05, 4.69) is 17.4 Å². The molecule has 2 rings (SSSR count). The van der Waals surface area contributed by atoms with Gasteiger partial charge >= 0.3 is 0 Å². The summed E-state index contributed by atoms with van der Waals surface area (Å²) in [6.07, 6.45) is 1.30. The van der Waals surface area contributed by atoms with Gasteiger partial charge in [0.2, 0.25) is 11.8 Å². The molecular formula is C25H34N2O2S. The molecule has 30 heavy (non-hydrogen) atoms. The molecule has 0 aromatic heterocycles. The fraction of sp³-hybridized carbons (Fsp3) is 0.440. The first-order valence-corrected chi connectivity index (χ1v) is 11.5. The van der Waals surface area contributed by atoms with Gasteiger partial charge in [-0.05, 0) is 58.2 Å². The van der Waals surface area contributed by atoms with E-state index in [1.807, 2.05) is 77.1 Å². The van der Waals surface area contributed by atoms with Gasteiger partial charge in [-0.2, -0.15) is 0 Å². The molecule has 2 amide bonds. The summed E-state index contributed by atoms with van der Waals surface area (Å²) < 4.78 is 0. The Labute approximate surface area is 185 Å². The van der Waals surface area contributed by atoms with Crippen molar-refractivity contribution in [2.75, 3.05) is 12.3 Å². The average molecular weight is 427 g/mol. The highest BCUT2D eigenvalue weighted by Crippen LogP contribution is 2.20. The second kappa shape index (κ2) is 11.2. The smallest absolute Gasteiger partial charge is 0.243 e. The Morgan fingerprint density at radius 2 is 1.67 bits per heavy atom. The summed E-state index contributed by atoms with van der Waals surface area (Å²) in [6.45, 7) is 10.4. The van der Waals surface area contributed by atoms with Gasteiger partial charge < -0.3 is 10.2 Å². The quantitative estimate of drug-likeness (QED) is 0.583. The highest BCUT2D eigenvalue weighted by molar-refractivity contribution is 8.00. The van der Waals surface area contributed by atoms with Crippen molar-refractivity contribution in [2.24, 2.45) is 0 Å². The summed E-state index contributed by atoms with van der Waals surface area (Å²) in [5.74, 6) is 0.219. The number of nitrogens with one attached hydrogen (secondary N) is 1. The van der Waals surface area contributed by atoms with Crippen LogP contribution in [0.1, 0.15) is 45.2 Å². The Bertz CT molecular complexity index is 813. The van der Waals surface area contributed by atoms with Crippen LogP contribution in [0.25, 0.3) is 0 Å². The van der Waals surface area contributed by atoms with Crippen LogP contribution in [0.5, 0.6) is 0 Å². The number of benzene rings is 2. The lowest BCUT2D eigenvalue weighted by Gasteiger charge is -2.33. The molecule has 2 aromatic rings. The third-order valence-electron chi connectivity index (χ3n) is 4.75. The van der Waals surface area contributed by atoms with Gasteiger partial charge in [0.25, 0.3) is 0 Å². The molecule has 0 heterocycles. The van der Waals surface area contributed by atoms with E-state index in [4.69, 9.17) is 0 Å². The molecule has 0 spiro atoms. The van der Waals surface area contributed by atoms with Crippen molar-refractivity contribution in [3.63, 3.8) is 0 Å². The van der Waals surface area contributed by atoms with Crippen LogP contribution >= 0.6 is 11.8 Å². The first-order chi connectivity index (χ1) is 14.2. The van der Waals surface area contributed by atoms with Crippen molar-refractivity contribution in [3.8, 4) is 0 Å². The fourth-order valence-electron chi connectivity index (χ4n) is 3.21. The van der Waals surface area contributed by atoms with Gasteiger partial charge in [0.15, 0.2) is 0 Å². The molecular weight excluding hydrogens is 392 g/mol. The topological polar surface area (TPSA) is 49.4 Å². The zero-order valence-electron chi connectivity index (χ0n) is 18.8. The Kier molecular flexibility index (Phi) is 8.97. The molecule has 0 aliphatic heterocycles. The average Bonchev–Trinajstić information content (AvgIpc) is 2.69. The lowest BCUT2D eigenvalue weighted by molar-refractivity contribution is -0.139. The highest BCUT2D eigenvalue weighted by Gasteiger charge is 2.30. The molecule has 0 fully saturated rings. The summed E-state index contributed by atoms with van der Waals surface area (Å²) in [7, 11) is 0. The number of amides is 2. The van der Waals surface area contributed by atoms with E-state index in [1.165, 1.54) is 17.3 Å². The van der Waals surface area contributed by atoms with Crippen LogP contribution in [0.2, 0.25) is 0 Å². The molecule has 0 aliphatic rings. The monoisotopic (exact) mass is 426 g/mol. The number of thioether (sulfide) groups is 1. The van der Waals surface area contributed by atoms with E-state index >= 15 is 0 Å². The van der Waals surface area contributed by atoms with Crippen LogP contribution in [-0.2, 0) is 16.0 Å². The van der Waals surface area contributed by atoms with Crippen LogP contribution in [0.3, 0.4) is 0 Å². The minimum atomic E-state index is -0.473. The Morgan fingerprint density at radius 3 is 2.23 bits per heavy atom. The third-order valence-corrected chi connectivity index (χ3v) is 5.75.